The molecule has 4 N–H and O–H groups in total. The fourth-order valence-electron chi connectivity index (χ4n) is 1.08. The SMILES string of the molecule is CN(CCC(N)=NO)c1nc[nH]c(=O)c1I. The van der Waals surface area contributed by atoms with Crippen LogP contribution in [0.4, 0.5) is 5.82 Å². The molecule has 0 amide bonds. The number of amidine groups is 1. The van der Waals surface area contributed by atoms with Gasteiger partial charge < -0.3 is 20.8 Å². The summed E-state index contributed by atoms with van der Waals surface area (Å²) in [7, 11) is 1.79. The average molecular weight is 337 g/mol. The Hall–Kier alpha value is -1.32. The maximum atomic E-state index is 11.3. The van der Waals surface area contributed by atoms with Gasteiger partial charge in [-0.1, -0.05) is 5.16 Å². The Kier molecular flexibility index (Phi) is 4.52. The molecule has 0 radical (unpaired) electrons. The van der Waals surface area contributed by atoms with Gasteiger partial charge in [-0.05, 0) is 22.6 Å². The molecule has 1 heterocycles. The average Bonchev–Trinajstić information content (AvgIpc) is 2.29. The van der Waals surface area contributed by atoms with Gasteiger partial charge in [-0.25, -0.2) is 4.98 Å². The van der Waals surface area contributed by atoms with E-state index in [-0.39, 0.29) is 11.4 Å². The van der Waals surface area contributed by atoms with Crippen molar-refractivity contribution in [3.63, 3.8) is 0 Å². The smallest absolute Gasteiger partial charge is 0.266 e. The van der Waals surface area contributed by atoms with Gasteiger partial charge in [-0.15, -0.1) is 0 Å². The lowest BCUT2D eigenvalue weighted by Gasteiger charge is -2.18. The van der Waals surface area contributed by atoms with Crippen molar-refractivity contribution in [3.8, 4) is 0 Å². The highest BCUT2D eigenvalue weighted by Gasteiger charge is 2.10. The second kappa shape index (κ2) is 5.68. The number of aromatic nitrogens is 2. The Morgan fingerprint density at radius 3 is 3.12 bits per heavy atom. The molecule has 16 heavy (non-hydrogen) atoms. The van der Waals surface area contributed by atoms with E-state index in [0.717, 1.165) is 0 Å². The molecule has 1 aromatic heterocycles. The largest absolute Gasteiger partial charge is 0.409 e. The first-order valence-electron chi connectivity index (χ1n) is 4.47. The van der Waals surface area contributed by atoms with E-state index in [9.17, 15) is 4.79 Å². The van der Waals surface area contributed by atoms with E-state index in [4.69, 9.17) is 10.9 Å². The number of hydrogen-bond acceptors (Lipinski definition) is 5. The first-order valence-corrected chi connectivity index (χ1v) is 5.55. The molecular weight excluding hydrogens is 325 g/mol. The van der Waals surface area contributed by atoms with Crippen LogP contribution in [0.15, 0.2) is 16.3 Å². The zero-order chi connectivity index (χ0) is 12.1. The lowest BCUT2D eigenvalue weighted by atomic mass is 10.3. The Balaban J connectivity index is 2.77. The molecule has 0 saturated carbocycles. The maximum Gasteiger partial charge on any atom is 0.266 e. The van der Waals surface area contributed by atoms with E-state index >= 15 is 0 Å². The van der Waals surface area contributed by atoms with Crippen molar-refractivity contribution in [1.82, 2.24) is 9.97 Å². The highest BCUT2D eigenvalue weighted by molar-refractivity contribution is 14.1. The molecule has 8 heteroatoms. The fraction of sp³-hybridized carbons (Fsp3) is 0.375. The number of rotatable bonds is 4. The molecule has 88 valence electrons. The number of halogens is 1. The fourth-order valence-corrected chi connectivity index (χ4v) is 1.78. The molecule has 0 aliphatic heterocycles. The van der Waals surface area contributed by atoms with E-state index in [1.807, 2.05) is 22.6 Å². The second-order valence-corrected chi connectivity index (χ2v) is 4.21. The number of nitrogens with one attached hydrogen (secondary N) is 1. The van der Waals surface area contributed by atoms with Crippen molar-refractivity contribution >= 4 is 34.2 Å². The zero-order valence-electron chi connectivity index (χ0n) is 8.64. The summed E-state index contributed by atoms with van der Waals surface area (Å²) in [6.07, 6.45) is 1.75. The normalized spacial score (nSPS) is 11.5. The van der Waals surface area contributed by atoms with Crippen LogP contribution in [-0.2, 0) is 0 Å². The summed E-state index contributed by atoms with van der Waals surface area (Å²) in [5, 5.41) is 11.3. The topological polar surface area (TPSA) is 108 Å². The van der Waals surface area contributed by atoms with Crippen molar-refractivity contribution < 1.29 is 5.21 Å². The molecule has 0 atom stereocenters. The predicted octanol–water partition coefficient (Wildman–Crippen LogP) is -0.0528. The van der Waals surface area contributed by atoms with Crippen LogP contribution >= 0.6 is 22.6 Å². The van der Waals surface area contributed by atoms with Gasteiger partial charge in [0.1, 0.15) is 15.2 Å². The van der Waals surface area contributed by atoms with Crippen LogP contribution in [0.2, 0.25) is 0 Å². The van der Waals surface area contributed by atoms with E-state index in [1.54, 1.807) is 11.9 Å². The summed E-state index contributed by atoms with van der Waals surface area (Å²) in [6.45, 7) is 0.516. The monoisotopic (exact) mass is 337 g/mol. The van der Waals surface area contributed by atoms with Crippen LogP contribution in [0, 0.1) is 3.57 Å². The third kappa shape index (κ3) is 3.08. The third-order valence-electron chi connectivity index (χ3n) is 1.97. The number of nitrogens with two attached hydrogens (primary N) is 1. The molecule has 0 aliphatic carbocycles. The molecule has 0 bridgehead atoms. The van der Waals surface area contributed by atoms with Crippen molar-refractivity contribution in [1.29, 1.82) is 0 Å². The number of anilines is 1. The van der Waals surface area contributed by atoms with Crippen LogP contribution in [0.25, 0.3) is 0 Å². The summed E-state index contributed by atoms with van der Waals surface area (Å²) in [5.74, 6) is 0.724. The molecule has 1 aromatic rings. The minimum Gasteiger partial charge on any atom is -0.409 e. The first kappa shape index (κ1) is 12.7. The van der Waals surface area contributed by atoms with Crippen molar-refractivity contribution in [2.24, 2.45) is 10.9 Å². The van der Waals surface area contributed by atoms with Gasteiger partial charge in [-0.2, -0.15) is 0 Å². The lowest BCUT2D eigenvalue weighted by molar-refractivity contribution is 0.317. The molecule has 0 aromatic carbocycles. The van der Waals surface area contributed by atoms with Crippen LogP contribution in [0.5, 0.6) is 0 Å². The number of hydrogen-bond donors (Lipinski definition) is 3. The Bertz CT molecular complexity index is 444. The Morgan fingerprint density at radius 2 is 2.50 bits per heavy atom. The standard InChI is InChI=1S/C8H12IN5O2/c1-14(3-2-5(10)13-16)7-6(9)8(15)12-4-11-7/h4,16H,2-3H2,1H3,(H2,10,13)(H,11,12,15). The second-order valence-electron chi connectivity index (χ2n) is 3.13. The molecule has 0 aliphatic rings. The van der Waals surface area contributed by atoms with Crippen molar-refractivity contribution in [3.05, 3.63) is 20.3 Å². The number of H-pyrrole nitrogens is 1. The summed E-state index contributed by atoms with van der Waals surface area (Å²) in [5.41, 5.74) is 5.17. The number of oxime groups is 1. The molecular formula is C8H12IN5O2. The van der Waals surface area contributed by atoms with Crippen LogP contribution in [0.3, 0.4) is 0 Å². The van der Waals surface area contributed by atoms with Crippen LogP contribution in [0.1, 0.15) is 6.42 Å². The molecule has 1 rings (SSSR count). The molecule has 0 unspecified atom stereocenters. The lowest BCUT2D eigenvalue weighted by Crippen LogP contribution is -2.28. The van der Waals surface area contributed by atoms with Gasteiger partial charge in [-0.3, -0.25) is 4.79 Å². The zero-order valence-corrected chi connectivity index (χ0v) is 10.8. The van der Waals surface area contributed by atoms with E-state index in [1.165, 1.54) is 6.33 Å². The summed E-state index contributed by atoms with van der Waals surface area (Å²) in [6, 6.07) is 0. The van der Waals surface area contributed by atoms with E-state index in [2.05, 4.69) is 15.1 Å². The van der Waals surface area contributed by atoms with Gasteiger partial charge in [0.15, 0.2) is 0 Å². The van der Waals surface area contributed by atoms with Gasteiger partial charge in [0.05, 0.1) is 6.33 Å². The van der Waals surface area contributed by atoms with Gasteiger partial charge in [0.2, 0.25) is 0 Å². The van der Waals surface area contributed by atoms with E-state index < -0.39 is 0 Å². The maximum absolute atomic E-state index is 11.3. The van der Waals surface area contributed by atoms with Crippen molar-refractivity contribution in [2.45, 2.75) is 6.42 Å². The van der Waals surface area contributed by atoms with Gasteiger partial charge in [0.25, 0.3) is 5.56 Å². The minimum atomic E-state index is -0.179. The van der Waals surface area contributed by atoms with Crippen LogP contribution < -0.4 is 16.2 Å². The highest BCUT2D eigenvalue weighted by atomic mass is 127. The molecule has 0 saturated heterocycles. The van der Waals surface area contributed by atoms with Gasteiger partial charge >= 0.3 is 0 Å². The van der Waals surface area contributed by atoms with Crippen LogP contribution in [-0.4, -0.2) is 34.6 Å². The van der Waals surface area contributed by atoms with Crippen molar-refractivity contribution in [2.75, 3.05) is 18.5 Å². The minimum absolute atomic E-state index is 0.145. The van der Waals surface area contributed by atoms with Gasteiger partial charge in [0, 0.05) is 20.0 Å². The third-order valence-corrected chi connectivity index (χ3v) is 2.94. The molecule has 0 spiro atoms. The first-order chi connectivity index (χ1) is 7.56. The predicted molar refractivity (Wildman–Crippen MR) is 68.9 cm³/mol. The highest BCUT2D eigenvalue weighted by Crippen LogP contribution is 2.13. The van der Waals surface area contributed by atoms with E-state index in [0.29, 0.717) is 22.4 Å². The Labute approximate surface area is 105 Å². The number of aromatic amines is 1. The summed E-state index contributed by atoms with van der Waals surface area (Å²) in [4.78, 5) is 19.6. The molecule has 7 nitrogen and oxygen atoms in total. The quantitative estimate of drug-likeness (QED) is 0.235. The number of nitrogens with zero attached hydrogens (tertiary/aromatic N) is 3. The Morgan fingerprint density at radius 1 is 1.81 bits per heavy atom. The summed E-state index contributed by atoms with van der Waals surface area (Å²) >= 11 is 1.93. The summed E-state index contributed by atoms with van der Waals surface area (Å²) < 4.78 is 0.516. The molecule has 0 fully saturated rings.